The first-order chi connectivity index (χ1) is 12.0. The molecule has 5 aliphatic carbocycles. The summed E-state index contributed by atoms with van der Waals surface area (Å²) in [6.45, 7) is 2.00. The van der Waals surface area contributed by atoms with E-state index >= 15 is 0 Å². The largest absolute Gasteiger partial charge is 0.389 e. The van der Waals surface area contributed by atoms with Crippen LogP contribution in [0.1, 0.15) is 58.3 Å². The predicted octanol–water partition coefficient (Wildman–Crippen LogP) is 3.62. The van der Waals surface area contributed by atoms with Crippen molar-refractivity contribution in [2.75, 3.05) is 6.61 Å². The van der Waals surface area contributed by atoms with Gasteiger partial charge in [0, 0.05) is 6.42 Å². The highest BCUT2D eigenvalue weighted by molar-refractivity contribution is 5.91. The van der Waals surface area contributed by atoms with Crippen LogP contribution in [0.15, 0.2) is 23.8 Å². The first kappa shape index (κ1) is 16.0. The lowest BCUT2D eigenvalue weighted by Crippen LogP contribution is -2.54. The van der Waals surface area contributed by atoms with E-state index < -0.39 is 5.41 Å². The number of aliphatic hydroxyl groups excluding tert-OH is 1. The van der Waals surface area contributed by atoms with Gasteiger partial charge in [-0.25, -0.2) is 0 Å². The fraction of sp³-hybridized carbons (Fsp3) is 0.727. The fourth-order valence-corrected chi connectivity index (χ4v) is 7.98. The molecule has 2 bridgehead atoms. The minimum atomic E-state index is -0.425. The van der Waals surface area contributed by atoms with Gasteiger partial charge in [-0.15, -0.1) is 0 Å². The SMILES string of the molecule is C[C@]12CC[C@H]3[C@@H](CCC4=CC(=O)CC[C@@H]43)C13C=C[C@]2(C(=O)CO)CC3. The van der Waals surface area contributed by atoms with Gasteiger partial charge in [0.25, 0.3) is 0 Å². The van der Waals surface area contributed by atoms with E-state index in [2.05, 4.69) is 19.1 Å². The average molecular weight is 340 g/mol. The number of fused-ring (bicyclic) bond motifs is 3. The van der Waals surface area contributed by atoms with Gasteiger partial charge in [0.05, 0.1) is 5.41 Å². The van der Waals surface area contributed by atoms with Crippen molar-refractivity contribution >= 4 is 11.6 Å². The van der Waals surface area contributed by atoms with Gasteiger partial charge in [-0.1, -0.05) is 24.6 Å². The first-order valence-electron chi connectivity index (χ1n) is 10.1. The Morgan fingerprint density at radius 1 is 1.16 bits per heavy atom. The molecular formula is C22H28O3. The van der Waals surface area contributed by atoms with Crippen molar-refractivity contribution in [2.24, 2.45) is 34.0 Å². The zero-order valence-electron chi connectivity index (χ0n) is 15.1. The lowest BCUT2D eigenvalue weighted by atomic mass is 9.44. The predicted molar refractivity (Wildman–Crippen MR) is 94.7 cm³/mol. The van der Waals surface area contributed by atoms with E-state index in [1.807, 2.05) is 6.08 Å². The number of aliphatic hydroxyl groups is 1. The molecule has 3 nitrogen and oxygen atoms in total. The van der Waals surface area contributed by atoms with Crippen LogP contribution < -0.4 is 0 Å². The van der Waals surface area contributed by atoms with Crippen molar-refractivity contribution < 1.29 is 14.7 Å². The van der Waals surface area contributed by atoms with Crippen LogP contribution in [0.2, 0.25) is 0 Å². The molecule has 0 aromatic carbocycles. The van der Waals surface area contributed by atoms with Crippen molar-refractivity contribution in [1.82, 2.24) is 0 Å². The van der Waals surface area contributed by atoms with Crippen LogP contribution in [-0.2, 0) is 9.59 Å². The molecule has 0 aromatic rings. The lowest BCUT2D eigenvalue weighted by Gasteiger charge is -2.59. The Bertz CT molecular complexity index is 719. The second kappa shape index (κ2) is 4.94. The number of allylic oxidation sites excluding steroid dienone is 3. The maximum absolute atomic E-state index is 12.7. The van der Waals surface area contributed by atoms with Gasteiger partial charge < -0.3 is 5.11 Å². The minimum absolute atomic E-state index is 0.0211. The van der Waals surface area contributed by atoms with Crippen LogP contribution in [0.4, 0.5) is 0 Å². The Morgan fingerprint density at radius 2 is 2.00 bits per heavy atom. The van der Waals surface area contributed by atoms with E-state index in [9.17, 15) is 14.7 Å². The molecule has 5 rings (SSSR count). The van der Waals surface area contributed by atoms with E-state index in [1.165, 1.54) is 12.0 Å². The highest BCUT2D eigenvalue weighted by Crippen LogP contribution is 2.78. The molecule has 5 aliphatic rings. The second-order valence-electron chi connectivity index (χ2n) is 9.44. The van der Waals surface area contributed by atoms with Crippen molar-refractivity contribution in [3.8, 4) is 0 Å². The Balaban J connectivity index is 1.55. The van der Waals surface area contributed by atoms with Crippen molar-refractivity contribution in [2.45, 2.75) is 58.3 Å². The maximum atomic E-state index is 12.7. The third-order valence-electron chi connectivity index (χ3n) is 9.19. The summed E-state index contributed by atoms with van der Waals surface area (Å²) < 4.78 is 0. The molecular weight excluding hydrogens is 312 g/mol. The molecule has 1 unspecified atom stereocenters. The van der Waals surface area contributed by atoms with Crippen molar-refractivity contribution in [1.29, 1.82) is 0 Å². The molecule has 134 valence electrons. The minimum Gasteiger partial charge on any atom is -0.389 e. The van der Waals surface area contributed by atoms with Gasteiger partial charge in [-0.2, -0.15) is 0 Å². The Morgan fingerprint density at radius 3 is 2.72 bits per heavy atom. The van der Waals surface area contributed by atoms with Gasteiger partial charge in [-0.05, 0) is 79.6 Å². The summed E-state index contributed by atoms with van der Waals surface area (Å²) in [4.78, 5) is 24.6. The Hall–Kier alpha value is -1.22. The normalized spacial score (nSPS) is 50.1. The first-order valence-corrected chi connectivity index (χ1v) is 10.1. The zero-order chi connectivity index (χ0) is 17.4. The van der Waals surface area contributed by atoms with Crippen molar-refractivity contribution in [3.63, 3.8) is 0 Å². The smallest absolute Gasteiger partial charge is 0.168 e. The molecule has 0 heterocycles. The summed E-state index contributed by atoms with van der Waals surface area (Å²) in [6, 6.07) is 0. The quantitative estimate of drug-likeness (QED) is 0.781. The topological polar surface area (TPSA) is 54.4 Å². The van der Waals surface area contributed by atoms with Gasteiger partial charge in [-0.3, -0.25) is 9.59 Å². The van der Waals surface area contributed by atoms with Crippen LogP contribution >= 0.6 is 0 Å². The number of rotatable bonds is 2. The highest BCUT2D eigenvalue weighted by Gasteiger charge is 2.73. The molecule has 3 saturated carbocycles. The standard InChI is InChI=1S/C22H28O3/c1-20-7-6-17-16-4-3-15(24)12-14(16)2-5-18(17)21(20)8-10-22(20,11-9-21)19(25)13-23/h8,10,12,16-18,23H,2-7,9,11,13H2,1H3/t16-,17+,18+,20-,21?,22+/m0/s1. The summed E-state index contributed by atoms with van der Waals surface area (Å²) in [7, 11) is 0. The van der Waals surface area contributed by atoms with E-state index in [1.54, 1.807) is 0 Å². The second-order valence-corrected chi connectivity index (χ2v) is 9.44. The van der Waals surface area contributed by atoms with E-state index in [-0.39, 0.29) is 23.2 Å². The molecule has 0 radical (unpaired) electrons. The van der Waals surface area contributed by atoms with Gasteiger partial charge in [0.15, 0.2) is 11.6 Å². The molecule has 3 fully saturated rings. The summed E-state index contributed by atoms with van der Waals surface area (Å²) >= 11 is 0. The maximum Gasteiger partial charge on any atom is 0.168 e. The molecule has 25 heavy (non-hydrogen) atoms. The monoisotopic (exact) mass is 340 g/mol. The van der Waals surface area contributed by atoms with E-state index in [4.69, 9.17) is 0 Å². The number of carbonyl (C=O) groups excluding carboxylic acids is 2. The van der Waals surface area contributed by atoms with Crippen LogP contribution in [-0.4, -0.2) is 23.3 Å². The molecule has 0 aliphatic heterocycles. The zero-order valence-corrected chi connectivity index (χ0v) is 15.1. The number of hydrogen-bond donors (Lipinski definition) is 1. The van der Waals surface area contributed by atoms with E-state index in [0.29, 0.717) is 30.0 Å². The van der Waals surface area contributed by atoms with Gasteiger partial charge in [0.2, 0.25) is 0 Å². The third kappa shape index (κ3) is 1.67. The molecule has 0 spiro atoms. The van der Waals surface area contributed by atoms with Crippen molar-refractivity contribution in [3.05, 3.63) is 23.8 Å². The Labute approximate surface area is 149 Å². The summed E-state index contributed by atoms with van der Waals surface area (Å²) in [5.74, 6) is 2.24. The summed E-state index contributed by atoms with van der Waals surface area (Å²) in [5, 5.41) is 9.60. The average Bonchev–Trinajstić information content (AvgIpc) is 3.05. The highest BCUT2D eigenvalue weighted by atomic mass is 16.3. The van der Waals surface area contributed by atoms with Gasteiger partial charge >= 0.3 is 0 Å². The number of carbonyl (C=O) groups is 2. The molecule has 3 heteroatoms. The van der Waals surface area contributed by atoms with Crippen LogP contribution in [0.5, 0.6) is 0 Å². The fourth-order valence-electron chi connectivity index (χ4n) is 7.98. The third-order valence-corrected chi connectivity index (χ3v) is 9.19. The number of ketones is 2. The summed E-state index contributed by atoms with van der Waals surface area (Å²) in [5.41, 5.74) is 1.10. The van der Waals surface area contributed by atoms with Crippen LogP contribution in [0, 0.1) is 34.0 Å². The van der Waals surface area contributed by atoms with Gasteiger partial charge in [0.1, 0.15) is 6.61 Å². The van der Waals surface area contributed by atoms with E-state index in [0.717, 1.165) is 38.5 Å². The molecule has 0 aromatic heterocycles. The molecule has 0 saturated heterocycles. The van der Waals surface area contributed by atoms with Crippen LogP contribution in [0.25, 0.3) is 0 Å². The number of Topliss-reactive ketones (excluding diaryl/α,β-unsaturated/α-hetero) is 1. The lowest BCUT2D eigenvalue weighted by molar-refractivity contribution is -0.141. The summed E-state index contributed by atoms with van der Waals surface area (Å²) in [6.07, 6.45) is 14.7. The van der Waals surface area contributed by atoms with Crippen LogP contribution in [0.3, 0.4) is 0 Å². The molecule has 6 atom stereocenters. The Kier molecular flexibility index (Phi) is 3.16. The molecule has 0 amide bonds. The molecule has 1 N–H and O–H groups in total. The number of hydrogen-bond acceptors (Lipinski definition) is 3.